The maximum Gasteiger partial charge on any atom is 0.315 e. The van der Waals surface area contributed by atoms with Gasteiger partial charge in [0.05, 0.1) is 123 Å². The van der Waals surface area contributed by atoms with Crippen LogP contribution in [0.2, 0.25) is 0 Å². The summed E-state index contributed by atoms with van der Waals surface area (Å²) in [6, 6.07) is -0.0747. The highest BCUT2D eigenvalue weighted by molar-refractivity contribution is 8.00. The van der Waals surface area contributed by atoms with Crippen molar-refractivity contribution in [2.45, 2.75) is 89.5 Å². The highest BCUT2D eigenvalue weighted by atomic mass is 32.2. The molecule has 0 aromatic rings. The van der Waals surface area contributed by atoms with E-state index < -0.39 is 5.41 Å². The molecule has 0 unspecified atom stereocenters. The molecule has 3 amide bonds. The van der Waals surface area contributed by atoms with E-state index in [1.54, 1.807) is 0 Å². The fourth-order valence-corrected chi connectivity index (χ4v) is 7.62. The fraction of sp³-hybridized carbons (Fsp3) is 0.921. The number of fused-ring (bicyclic) bond motifs is 1. The van der Waals surface area contributed by atoms with Gasteiger partial charge in [0.15, 0.2) is 0 Å². The van der Waals surface area contributed by atoms with E-state index >= 15 is 0 Å². The second kappa shape index (κ2) is 28.7. The number of hydrogen-bond donors (Lipinski definition) is 3. The molecule has 0 saturated carbocycles. The average molecular weight is 794 g/mol. The Kier molecular flexibility index (Phi) is 25.8. The van der Waals surface area contributed by atoms with Crippen LogP contribution >= 0.6 is 11.8 Å². The SMILES string of the molecule is CC(C)(C)C(=O)NCCOCCOCCOCCOCCOCCOCCOCCOCCOCCCC(=O)CCCC[C@@H]1SC[C@]2(C)NC(=O)N[C@]12C. The predicted octanol–water partition coefficient (Wildman–Crippen LogP) is 3.15. The van der Waals surface area contributed by atoms with Crippen LogP contribution < -0.4 is 16.0 Å². The highest BCUT2D eigenvalue weighted by Gasteiger charge is 2.60. The summed E-state index contributed by atoms with van der Waals surface area (Å²) in [5, 5.41) is 9.42. The normalized spacial score (nSPS) is 20.9. The maximum absolute atomic E-state index is 12.3. The van der Waals surface area contributed by atoms with Crippen molar-refractivity contribution >= 4 is 29.5 Å². The van der Waals surface area contributed by atoms with Crippen molar-refractivity contribution < 1.29 is 57.0 Å². The molecular weight excluding hydrogens is 722 g/mol. The molecule has 316 valence electrons. The van der Waals surface area contributed by atoms with Gasteiger partial charge in [-0.1, -0.05) is 27.2 Å². The van der Waals surface area contributed by atoms with Crippen molar-refractivity contribution in [2.75, 3.05) is 131 Å². The number of unbranched alkanes of at least 4 members (excludes halogenated alkanes) is 1. The molecule has 16 heteroatoms. The van der Waals surface area contributed by atoms with E-state index in [1.165, 1.54) is 0 Å². The quantitative estimate of drug-likeness (QED) is 0.0626. The van der Waals surface area contributed by atoms with E-state index in [0.717, 1.165) is 31.4 Å². The number of Topliss-reactive ketones (excluding diaryl/α,β-unsaturated/α-hetero) is 1. The lowest BCUT2D eigenvalue weighted by Crippen LogP contribution is -2.58. The molecule has 2 aliphatic heterocycles. The van der Waals surface area contributed by atoms with Crippen LogP contribution in [0.3, 0.4) is 0 Å². The fourth-order valence-electron chi connectivity index (χ4n) is 5.72. The summed E-state index contributed by atoms with van der Waals surface area (Å²) in [6.45, 7) is 19.2. The number of hydrogen-bond acceptors (Lipinski definition) is 13. The summed E-state index contributed by atoms with van der Waals surface area (Å²) in [6.07, 6.45) is 4.75. The first kappa shape index (κ1) is 48.5. The number of rotatable bonds is 36. The third-order valence-electron chi connectivity index (χ3n) is 9.23. The van der Waals surface area contributed by atoms with Gasteiger partial charge in [-0.25, -0.2) is 4.79 Å². The van der Waals surface area contributed by atoms with Gasteiger partial charge >= 0.3 is 6.03 Å². The summed E-state index contributed by atoms with van der Waals surface area (Å²) in [5.74, 6) is 1.21. The Bertz CT molecular complexity index is 1020. The monoisotopic (exact) mass is 793 g/mol. The van der Waals surface area contributed by atoms with Gasteiger partial charge in [-0.05, 0) is 33.1 Å². The number of thioether (sulfide) groups is 1. The molecule has 0 aliphatic carbocycles. The number of ether oxygens (including phenoxy) is 9. The van der Waals surface area contributed by atoms with Crippen molar-refractivity contribution in [3.63, 3.8) is 0 Å². The van der Waals surface area contributed by atoms with E-state index in [4.69, 9.17) is 42.6 Å². The standard InChI is InChI=1S/C38H71N3O12S/c1-36(2,3)34(43)39-12-14-46-16-18-48-20-22-50-24-26-52-28-30-53-29-27-51-25-23-49-21-19-47-17-15-45-13-8-10-32(42)9-6-7-11-33-38(5)37(4,31-54-33)40-35(44)41-38/h33H,6-31H2,1-5H3,(H,39,43)(H2,40,41,44)/t33-,37-,38+/m0/s1. The van der Waals surface area contributed by atoms with Gasteiger partial charge < -0.3 is 58.6 Å². The molecule has 0 aromatic heterocycles. The first-order chi connectivity index (χ1) is 26.0. The van der Waals surface area contributed by atoms with Crippen LogP contribution in [0, 0.1) is 5.41 Å². The summed E-state index contributed by atoms with van der Waals surface area (Å²) in [4.78, 5) is 35.9. The van der Waals surface area contributed by atoms with Gasteiger partial charge in [-0.2, -0.15) is 11.8 Å². The molecule has 0 aromatic carbocycles. The molecule has 2 rings (SSSR count). The number of amides is 3. The smallest absolute Gasteiger partial charge is 0.315 e. The largest absolute Gasteiger partial charge is 0.379 e. The van der Waals surface area contributed by atoms with Crippen molar-refractivity contribution in [1.82, 2.24) is 16.0 Å². The first-order valence-corrected chi connectivity index (χ1v) is 20.7. The molecule has 0 spiro atoms. The lowest BCUT2D eigenvalue weighted by molar-refractivity contribution is -0.128. The average Bonchev–Trinajstić information content (AvgIpc) is 3.50. The molecule has 15 nitrogen and oxygen atoms in total. The molecule has 2 saturated heterocycles. The van der Waals surface area contributed by atoms with Crippen LogP contribution in [0.25, 0.3) is 0 Å². The third-order valence-corrected chi connectivity index (χ3v) is 11.1. The molecule has 0 bridgehead atoms. The molecule has 3 atom stereocenters. The van der Waals surface area contributed by atoms with Gasteiger partial charge in [-0.3, -0.25) is 9.59 Å². The van der Waals surface area contributed by atoms with Crippen LogP contribution in [0.1, 0.15) is 73.1 Å². The lowest BCUT2D eigenvalue weighted by atomic mass is 9.79. The molecular formula is C38H71N3O12S. The van der Waals surface area contributed by atoms with Crippen molar-refractivity contribution in [3.8, 4) is 0 Å². The summed E-state index contributed by atoms with van der Waals surface area (Å²) < 4.78 is 49.5. The van der Waals surface area contributed by atoms with E-state index in [9.17, 15) is 14.4 Å². The Morgan fingerprint density at radius 1 is 0.630 bits per heavy atom. The van der Waals surface area contributed by atoms with Crippen molar-refractivity contribution in [1.29, 1.82) is 0 Å². The van der Waals surface area contributed by atoms with E-state index in [0.29, 0.717) is 144 Å². The van der Waals surface area contributed by atoms with Crippen molar-refractivity contribution in [2.24, 2.45) is 5.41 Å². The summed E-state index contributed by atoms with van der Waals surface area (Å²) in [5.41, 5.74) is -0.830. The Hall–Kier alpha value is -1.60. The molecule has 3 N–H and O–H groups in total. The second-order valence-electron chi connectivity index (χ2n) is 14.8. The summed E-state index contributed by atoms with van der Waals surface area (Å²) >= 11 is 1.91. The van der Waals surface area contributed by atoms with E-state index in [2.05, 4.69) is 29.8 Å². The minimum Gasteiger partial charge on any atom is -0.379 e. The molecule has 2 heterocycles. The third kappa shape index (κ3) is 21.1. The molecule has 2 aliphatic rings. The minimum atomic E-state index is -0.392. The lowest BCUT2D eigenvalue weighted by Gasteiger charge is -2.35. The minimum absolute atomic E-state index is 0.0120. The molecule has 2 fully saturated rings. The zero-order valence-corrected chi connectivity index (χ0v) is 34.6. The number of carbonyl (C=O) groups excluding carboxylic acids is 3. The van der Waals surface area contributed by atoms with Crippen LogP contribution in [0.5, 0.6) is 0 Å². The number of carbonyl (C=O) groups is 3. The van der Waals surface area contributed by atoms with Crippen LogP contribution in [-0.4, -0.2) is 165 Å². The van der Waals surface area contributed by atoms with Gasteiger partial charge in [0.1, 0.15) is 5.78 Å². The number of nitrogens with one attached hydrogen (secondary N) is 3. The van der Waals surface area contributed by atoms with Gasteiger partial charge in [0.25, 0.3) is 0 Å². The van der Waals surface area contributed by atoms with Gasteiger partial charge in [0.2, 0.25) is 5.91 Å². The van der Waals surface area contributed by atoms with Gasteiger partial charge in [0, 0.05) is 42.4 Å². The van der Waals surface area contributed by atoms with E-state index in [1.807, 2.05) is 32.5 Å². The Morgan fingerprint density at radius 3 is 1.48 bits per heavy atom. The second-order valence-corrected chi connectivity index (χ2v) is 16.0. The Balaban J connectivity index is 1.19. The molecule has 0 radical (unpaired) electrons. The number of ketones is 1. The summed E-state index contributed by atoms with van der Waals surface area (Å²) in [7, 11) is 0. The molecule has 54 heavy (non-hydrogen) atoms. The first-order valence-electron chi connectivity index (χ1n) is 19.7. The highest BCUT2D eigenvalue weighted by Crippen LogP contribution is 2.47. The van der Waals surface area contributed by atoms with Crippen LogP contribution in [0.15, 0.2) is 0 Å². The van der Waals surface area contributed by atoms with Crippen molar-refractivity contribution in [3.05, 3.63) is 0 Å². The van der Waals surface area contributed by atoms with Crippen LogP contribution in [-0.2, 0) is 52.2 Å². The Labute approximate surface area is 328 Å². The zero-order valence-electron chi connectivity index (χ0n) is 33.8. The zero-order chi connectivity index (χ0) is 39.4. The van der Waals surface area contributed by atoms with E-state index in [-0.39, 0.29) is 28.8 Å². The maximum atomic E-state index is 12.3. The predicted molar refractivity (Wildman–Crippen MR) is 207 cm³/mol. The Morgan fingerprint density at radius 2 is 1.04 bits per heavy atom. The van der Waals surface area contributed by atoms with Crippen LogP contribution in [0.4, 0.5) is 4.79 Å². The topological polar surface area (TPSA) is 170 Å². The number of urea groups is 1. The van der Waals surface area contributed by atoms with Gasteiger partial charge in [-0.15, -0.1) is 0 Å².